The van der Waals surface area contributed by atoms with Crippen LogP contribution in [0.5, 0.6) is 0 Å². The summed E-state index contributed by atoms with van der Waals surface area (Å²) in [6.45, 7) is -0.237. The topological polar surface area (TPSA) is 66.5 Å². The van der Waals surface area contributed by atoms with E-state index in [0.29, 0.717) is 5.02 Å². The van der Waals surface area contributed by atoms with Crippen molar-refractivity contribution in [3.05, 3.63) is 65.2 Å². The molecule has 138 valence electrons. The van der Waals surface area contributed by atoms with Gasteiger partial charge in [-0.2, -0.15) is 4.31 Å². The summed E-state index contributed by atoms with van der Waals surface area (Å²) in [6, 6.07) is 15.7. The molecular formula is C19H21ClN2O3S. The summed E-state index contributed by atoms with van der Waals surface area (Å²) in [5.41, 5.74) is 0.672. The lowest BCUT2D eigenvalue weighted by Crippen LogP contribution is -2.53. The van der Waals surface area contributed by atoms with Crippen molar-refractivity contribution in [1.82, 2.24) is 9.62 Å². The first-order chi connectivity index (χ1) is 12.3. The van der Waals surface area contributed by atoms with E-state index in [-0.39, 0.29) is 22.9 Å². The molecule has 1 saturated carbocycles. The maximum atomic E-state index is 12.6. The number of amides is 1. The number of nitrogens with zero attached hydrogens (tertiary/aromatic N) is 1. The molecule has 0 aliphatic heterocycles. The third-order valence-electron chi connectivity index (χ3n) is 4.80. The van der Waals surface area contributed by atoms with Gasteiger partial charge in [-0.05, 0) is 49.1 Å². The van der Waals surface area contributed by atoms with Crippen molar-refractivity contribution in [2.45, 2.75) is 29.7 Å². The van der Waals surface area contributed by atoms with E-state index in [1.165, 1.54) is 31.3 Å². The average molecular weight is 393 g/mol. The molecule has 1 amide bonds. The highest BCUT2D eigenvalue weighted by atomic mass is 35.5. The molecule has 0 spiro atoms. The van der Waals surface area contributed by atoms with Gasteiger partial charge in [-0.1, -0.05) is 41.9 Å². The number of hydrogen-bond acceptors (Lipinski definition) is 3. The Bertz CT molecular complexity index is 879. The lowest BCUT2D eigenvalue weighted by atomic mass is 9.72. The van der Waals surface area contributed by atoms with Gasteiger partial charge >= 0.3 is 0 Å². The first kappa shape index (κ1) is 18.9. The van der Waals surface area contributed by atoms with Gasteiger partial charge < -0.3 is 5.32 Å². The molecule has 5 nitrogen and oxygen atoms in total. The van der Waals surface area contributed by atoms with Gasteiger partial charge in [0.05, 0.1) is 17.0 Å². The van der Waals surface area contributed by atoms with Gasteiger partial charge in [0.2, 0.25) is 15.9 Å². The molecule has 1 aliphatic rings. The molecule has 0 saturated heterocycles. The van der Waals surface area contributed by atoms with Crippen LogP contribution in [0, 0.1) is 0 Å². The lowest BCUT2D eigenvalue weighted by molar-refractivity contribution is -0.124. The number of benzene rings is 2. The Kier molecular flexibility index (Phi) is 5.37. The number of carbonyl (C=O) groups excluding carboxylic acids is 1. The van der Waals surface area contributed by atoms with Crippen LogP contribution in [0.2, 0.25) is 5.02 Å². The summed E-state index contributed by atoms with van der Waals surface area (Å²) in [6.07, 6.45) is 2.75. The van der Waals surface area contributed by atoms with Crippen LogP contribution in [0.15, 0.2) is 59.5 Å². The fraction of sp³-hybridized carbons (Fsp3) is 0.316. The number of carbonyl (C=O) groups is 1. The number of sulfonamides is 1. The SMILES string of the molecule is CN(CC(=O)NC1(c2ccccc2)CCC1)S(=O)(=O)c1ccc(Cl)cc1. The Hall–Kier alpha value is -1.89. The highest BCUT2D eigenvalue weighted by Crippen LogP contribution is 2.41. The van der Waals surface area contributed by atoms with Crippen molar-refractivity contribution in [1.29, 1.82) is 0 Å². The van der Waals surface area contributed by atoms with Crippen LogP contribution in [0.4, 0.5) is 0 Å². The Morgan fingerprint density at radius 2 is 1.73 bits per heavy atom. The number of hydrogen-bond donors (Lipinski definition) is 1. The van der Waals surface area contributed by atoms with Gasteiger partial charge in [-0.25, -0.2) is 8.42 Å². The second kappa shape index (κ2) is 7.39. The largest absolute Gasteiger partial charge is 0.345 e. The third kappa shape index (κ3) is 3.77. The van der Waals surface area contributed by atoms with Crippen LogP contribution in [-0.2, 0) is 20.4 Å². The molecule has 26 heavy (non-hydrogen) atoms. The molecule has 7 heteroatoms. The number of nitrogens with one attached hydrogen (secondary N) is 1. The van der Waals surface area contributed by atoms with E-state index in [1.807, 2.05) is 30.3 Å². The quantitative estimate of drug-likeness (QED) is 0.821. The minimum absolute atomic E-state index is 0.110. The van der Waals surface area contributed by atoms with Crippen LogP contribution >= 0.6 is 11.6 Å². The number of likely N-dealkylation sites (N-methyl/N-ethyl adjacent to an activating group) is 1. The molecule has 1 N–H and O–H groups in total. The number of halogens is 1. The van der Waals surface area contributed by atoms with E-state index in [0.717, 1.165) is 29.1 Å². The van der Waals surface area contributed by atoms with E-state index in [1.54, 1.807) is 0 Å². The summed E-state index contributed by atoms with van der Waals surface area (Å²) in [5.74, 6) is -0.311. The third-order valence-corrected chi connectivity index (χ3v) is 6.87. The van der Waals surface area contributed by atoms with Gasteiger partial charge in [0, 0.05) is 12.1 Å². The summed E-state index contributed by atoms with van der Waals surface area (Å²) in [4.78, 5) is 12.6. The average Bonchev–Trinajstić information content (AvgIpc) is 2.59. The summed E-state index contributed by atoms with van der Waals surface area (Å²) >= 11 is 5.81. The van der Waals surface area contributed by atoms with E-state index in [9.17, 15) is 13.2 Å². The van der Waals surface area contributed by atoms with E-state index in [4.69, 9.17) is 11.6 Å². The van der Waals surface area contributed by atoms with Crippen LogP contribution in [0.25, 0.3) is 0 Å². The first-order valence-corrected chi connectivity index (χ1v) is 10.2. The molecule has 0 radical (unpaired) electrons. The van der Waals surface area contributed by atoms with Gasteiger partial charge in [-0.3, -0.25) is 4.79 Å². The fourth-order valence-corrected chi connectivity index (χ4v) is 4.41. The molecular weight excluding hydrogens is 372 g/mol. The van der Waals surface area contributed by atoms with Crippen molar-refractivity contribution < 1.29 is 13.2 Å². The van der Waals surface area contributed by atoms with Gasteiger partial charge in [0.1, 0.15) is 0 Å². The zero-order chi connectivity index (χ0) is 18.8. The highest BCUT2D eigenvalue weighted by Gasteiger charge is 2.40. The standard InChI is InChI=1S/C19H21ClN2O3S/c1-22(26(24,25)17-10-8-16(20)9-11-17)14-18(23)21-19(12-5-13-19)15-6-3-2-4-7-15/h2-4,6-11H,5,12-14H2,1H3,(H,21,23). The van der Waals surface area contributed by atoms with E-state index >= 15 is 0 Å². The van der Waals surface area contributed by atoms with Crippen LogP contribution in [0.1, 0.15) is 24.8 Å². The molecule has 0 unspecified atom stereocenters. The molecule has 0 atom stereocenters. The maximum absolute atomic E-state index is 12.6. The van der Waals surface area contributed by atoms with Gasteiger partial charge in [0.25, 0.3) is 0 Å². The predicted octanol–water partition coefficient (Wildman–Crippen LogP) is 3.16. The molecule has 0 bridgehead atoms. The Morgan fingerprint density at radius 3 is 2.27 bits per heavy atom. The van der Waals surface area contributed by atoms with Crippen molar-refractivity contribution in [3.63, 3.8) is 0 Å². The second-order valence-corrected chi connectivity index (χ2v) is 9.05. The fourth-order valence-electron chi connectivity index (χ4n) is 3.15. The predicted molar refractivity (Wildman–Crippen MR) is 101 cm³/mol. The van der Waals surface area contributed by atoms with Crippen LogP contribution in [0.3, 0.4) is 0 Å². The van der Waals surface area contributed by atoms with Crippen molar-refractivity contribution in [2.24, 2.45) is 0 Å². The normalized spacial score (nSPS) is 16.1. The first-order valence-electron chi connectivity index (χ1n) is 8.42. The highest BCUT2D eigenvalue weighted by molar-refractivity contribution is 7.89. The van der Waals surface area contributed by atoms with E-state index in [2.05, 4.69) is 5.32 Å². The Labute approximate surface area is 159 Å². The summed E-state index contributed by atoms with van der Waals surface area (Å²) in [7, 11) is -2.34. The zero-order valence-electron chi connectivity index (χ0n) is 14.5. The summed E-state index contributed by atoms with van der Waals surface area (Å²) in [5, 5.41) is 3.50. The Balaban J connectivity index is 1.70. The zero-order valence-corrected chi connectivity index (χ0v) is 16.1. The van der Waals surface area contributed by atoms with Crippen molar-refractivity contribution in [3.8, 4) is 0 Å². The molecule has 1 aliphatic carbocycles. The smallest absolute Gasteiger partial charge is 0.243 e. The van der Waals surface area contributed by atoms with E-state index < -0.39 is 10.0 Å². The van der Waals surface area contributed by atoms with Crippen molar-refractivity contribution >= 4 is 27.5 Å². The number of rotatable bonds is 6. The molecule has 2 aromatic rings. The monoisotopic (exact) mass is 392 g/mol. The van der Waals surface area contributed by atoms with Gasteiger partial charge in [-0.15, -0.1) is 0 Å². The van der Waals surface area contributed by atoms with Crippen molar-refractivity contribution in [2.75, 3.05) is 13.6 Å². The Morgan fingerprint density at radius 1 is 1.12 bits per heavy atom. The maximum Gasteiger partial charge on any atom is 0.243 e. The van der Waals surface area contributed by atoms with Crippen LogP contribution < -0.4 is 5.32 Å². The molecule has 0 aromatic heterocycles. The summed E-state index contributed by atoms with van der Waals surface area (Å²) < 4.78 is 26.3. The van der Waals surface area contributed by atoms with Gasteiger partial charge in [0.15, 0.2) is 0 Å². The van der Waals surface area contributed by atoms with Crippen LogP contribution in [-0.4, -0.2) is 32.2 Å². The molecule has 2 aromatic carbocycles. The second-order valence-electron chi connectivity index (χ2n) is 6.56. The molecule has 0 heterocycles. The molecule has 3 rings (SSSR count). The minimum atomic E-state index is -3.75. The molecule has 1 fully saturated rings. The minimum Gasteiger partial charge on any atom is -0.345 e. The lowest BCUT2D eigenvalue weighted by Gasteiger charge is -2.43.